The van der Waals surface area contributed by atoms with Gasteiger partial charge in [-0.2, -0.15) is 0 Å². The van der Waals surface area contributed by atoms with E-state index in [9.17, 15) is 4.79 Å². The van der Waals surface area contributed by atoms with E-state index in [4.69, 9.17) is 4.74 Å². The fourth-order valence-corrected chi connectivity index (χ4v) is 4.68. The number of fused-ring (bicyclic) bond motifs is 3. The molecule has 3 heteroatoms. The van der Waals surface area contributed by atoms with Crippen LogP contribution in [0.3, 0.4) is 0 Å². The van der Waals surface area contributed by atoms with E-state index in [1.54, 1.807) is 0 Å². The summed E-state index contributed by atoms with van der Waals surface area (Å²) in [5, 5.41) is 3.77. The molecule has 1 heterocycles. The fraction of sp³-hybridized carbons (Fsp3) is 0.192. The summed E-state index contributed by atoms with van der Waals surface area (Å²) < 4.78 is 4.82. The topological polar surface area (TPSA) is 38.3 Å². The van der Waals surface area contributed by atoms with Crippen molar-refractivity contribution >= 4 is 11.7 Å². The molecule has 2 aliphatic rings. The number of anilines is 1. The molecule has 0 unspecified atom stereocenters. The Labute approximate surface area is 171 Å². The normalized spacial score (nSPS) is 21.8. The van der Waals surface area contributed by atoms with Crippen LogP contribution in [0.15, 0.2) is 84.9 Å². The Morgan fingerprint density at radius 1 is 0.966 bits per heavy atom. The fourth-order valence-electron chi connectivity index (χ4n) is 4.68. The lowest BCUT2D eigenvalue weighted by Crippen LogP contribution is -2.29. The third-order valence-electron chi connectivity index (χ3n) is 6.16. The molecule has 29 heavy (non-hydrogen) atoms. The average Bonchev–Trinajstić information content (AvgIpc) is 3.29. The van der Waals surface area contributed by atoms with Crippen LogP contribution in [0.25, 0.3) is 11.1 Å². The summed E-state index contributed by atoms with van der Waals surface area (Å²) in [6, 6.07) is 25.3. The van der Waals surface area contributed by atoms with Gasteiger partial charge >= 0.3 is 5.97 Å². The summed E-state index contributed by atoms with van der Waals surface area (Å²) in [4.78, 5) is 11.7. The van der Waals surface area contributed by atoms with Gasteiger partial charge in [-0.25, -0.2) is 4.79 Å². The molecule has 0 saturated heterocycles. The van der Waals surface area contributed by atoms with Gasteiger partial charge in [0, 0.05) is 11.6 Å². The Kier molecular flexibility index (Phi) is 4.44. The number of hydrogen-bond acceptors (Lipinski definition) is 3. The number of rotatable bonds is 3. The van der Waals surface area contributed by atoms with Gasteiger partial charge in [0.2, 0.25) is 0 Å². The van der Waals surface area contributed by atoms with Crippen LogP contribution in [0.5, 0.6) is 0 Å². The Morgan fingerprint density at radius 3 is 2.52 bits per heavy atom. The number of methoxy groups -OCH3 is 1. The monoisotopic (exact) mass is 381 g/mol. The molecule has 0 aromatic heterocycles. The number of carbonyl (C=O) groups is 1. The lowest BCUT2D eigenvalue weighted by Gasteiger charge is -2.38. The average molecular weight is 381 g/mol. The predicted octanol–water partition coefficient (Wildman–Crippen LogP) is 5.97. The maximum absolute atomic E-state index is 11.7. The SMILES string of the molecule is COC(=O)c1ccc([C@@H]2Nc3ccc(-c4ccccc4)cc3[C@@H]3C=CC[C@H]32)cc1. The van der Waals surface area contributed by atoms with Crippen LogP contribution >= 0.6 is 0 Å². The van der Waals surface area contributed by atoms with E-state index < -0.39 is 0 Å². The highest BCUT2D eigenvalue weighted by Gasteiger charge is 2.38. The van der Waals surface area contributed by atoms with Crippen molar-refractivity contribution in [1.29, 1.82) is 0 Å². The van der Waals surface area contributed by atoms with Crippen molar-refractivity contribution in [3.05, 3.63) is 102 Å². The van der Waals surface area contributed by atoms with E-state index >= 15 is 0 Å². The van der Waals surface area contributed by atoms with Crippen molar-refractivity contribution in [2.24, 2.45) is 5.92 Å². The molecule has 1 aliphatic heterocycles. The van der Waals surface area contributed by atoms with Gasteiger partial charge in [0.15, 0.2) is 0 Å². The molecule has 0 fully saturated rings. The van der Waals surface area contributed by atoms with Crippen molar-refractivity contribution in [2.75, 3.05) is 12.4 Å². The third-order valence-corrected chi connectivity index (χ3v) is 6.16. The maximum atomic E-state index is 11.7. The van der Waals surface area contributed by atoms with Gasteiger partial charge < -0.3 is 10.1 Å². The van der Waals surface area contributed by atoms with Crippen molar-refractivity contribution < 1.29 is 9.53 Å². The van der Waals surface area contributed by atoms with Crippen LogP contribution in [0, 0.1) is 5.92 Å². The number of nitrogens with one attached hydrogen (secondary N) is 1. The number of benzene rings is 3. The van der Waals surface area contributed by atoms with E-state index in [1.807, 2.05) is 24.3 Å². The van der Waals surface area contributed by atoms with Crippen LogP contribution < -0.4 is 5.32 Å². The molecule has 0 amide bonds. The highest BCUT2D eigenvalue weighted by Crippen LogP contribution is 2.50. The molecule has 0 bridgehead atoms. The number of esters is 1. The predicted molar refractivity (Wildman–Crippen MR) is 116 cm³/mol. The van der Waals surface area contributed by atoms with Crippen molar-refractivity contribution in [2.45, 2.75) is 18.4 Å². The van der Waals surface area contributed by atoms with Crippen LogP contribution in [-0.4, -0.2) is 13.1 Å². The number of ether oxygens (including phenoxy) is 1. The van der Waals surface area contributed by atoms with Crippen molar-refractivity contribution in [3.63, 3.8) is 0 Å². The third kappa shape index (κ3) is 3.13. The molecular weight excluding hydrogens is 358 g/mol. The smallest absolute Gasteiger partial charge is 0.337 e. The zero-order chi connectivity index (χ0) is 19.8. The van der Waals surface area contributed by atoms with Gasteiger partial charge in [0.1, 0.15) is 0 Å². The van der Waals surface area contributed by atoms with Crippen LogP contribution in [0.4, 0.5) is 5.69 Å². The highest BCUT2D eigenvalue weighted by atomic mass is 16.5. The van der Waals surface area contributed by atoms with Crippen LogP contribution in [-0.2, 0) is 4.74 Å². The quantitative estimate of drug-likeness (QED) is 0.449. The van der Waals surface area contributed by atoms with E-state index in [0.29, 0.717) is 17.4 Å². The van der Waals surface area contributed by atoms with Gasteiger partial charge in [-0.05, 0) is 58.9 Å². The van der Waals surface area contributed by atoms with Gasteiger partial charge in [-0.15, -0.1) is 0 Å². The summed E-state index contributed by atoms with van der Waals surface area (Å²) in [6.45, 7) is 0. The summed E-state index contributed by atoms with van der Waals surface area (Å²) in [7, 11) is 1.41. The Balaban J connectivity index is 1.50. The maximum Gasteiger partial charge on any atom is 0.337 e. The largest absolute Gasteiger partial charge is 0.465 e. The Morgan fingerprint density at radius 2 is 1.76 bits per heavy atom. The van der Waals surface area contributed by atoms with E-state index in [1.165, 1.54) is 35.1 Å². The van der Waals surface area contributed by atoms with E-state index in [2.05, 4.69) is 66.0 Å². The van der Waals surface area contributed by atoms with Gasteiger partial charge in [-0.1, -0.05) is 60.7 Å². The molecular formula is C26H23NO2. The minimum absolute atomic E-state index is 0.219. The molecule has 3 aromatic rings. The Hall–Kier alpha value is -3.33. The molecule has 1 aliphatic carbocycles. The molecule has 3 atom stereocenters. The molecule has 5 rings (SSSR count). The number of carbonyl (C=O) groups excluding carboxylic acids is 1. The first-order valence-corrected chi connectivity index (χ1v) is 10.1. The summed E-state index contributed by atoms with van der Waals surface area (Å²) in [5.41, 5.74) is 6.85. The van der Waals surface area contributed by atoms with Crippen LogP contribution in [0.1, 0.15) is 39.9 Å². The molecule has 3 aromatic carbocycles. The molecule has 144 valence electrons. The first-order chi connectivity index (χ1) is 14.2. The van der Waals surface area contributed by atoms with Crippen molar-refractivity contribution in [3.8, 4) is 11.1 Å². The standard InChI is InChI=1S/C26H23NO2/c1-29-26(28)19-12-10-18(11-13-19)25-22-9-5-8-21(22)23-16-20(14-15-24(23)27-25)17-6-3-2-4-7-17/h2-8,10-16,21-22,25,27H,9H2,1H3/t21-,22-,25+/m1/s1. The lowest BCUT2D eigenvalue weighted by atomic mass is 9.76. The molecule has 1 N–H and O–H groups in total. The highest BCUT2D eigenvalue weighted by molar-refractivity contribution is 5.89. The molecule has 0 saturated carbocycles. The van der Waals surface area contributed by atoms with Gasteiger partial charge in [-0.3, -0.25) is 0 Å². The summed E-state index contributed by atoms with van der Waals surface area (Å²) >= 11 is 0. The lowest BCUT2D eigenvalue weighted by molar-refractivity contribution is 0.0600. The first kappa shape index (κ1) is 17.7. The first-order valence-electron chi connectivity index (χ1n) is 10.1. The summed E-state index contributed by atoms with van der Waals surface area (Å²) in [6.07, 6.45) is 5.71. The second kappa shape index (κ2) is 7.25. The minimum atomic E-state index is -0.299. The minimum Gasteiger partial charge on any atom is -0.465 e. The molecule has 3 nitrogen and oxygen atoms in total. The van der Waals surface area contributed by atoms with Gasteiger partial charge in [0.25, 0.3) is 0 Å². The van der Waals surface area contributed by atoms with E-state index in [-0.39, 0.29) is 12.0 Å². The molecule has 0 radical (unpaired) electrons. The molecule has 0 spiro atoms. The summed E-state index contributed by atoms with van der Waals surface area (Å²) in [5.74, 6) is 0.574. The zero-order valence-electron chi connectivity index (χ0n) is 16.3. The van der Waals surface area contributed by atoms with Crippen molar-refractivity contribution in [1.82, 2.24) is 0 Å². The van der Waals surface area contributed by atoms with Gasteiger partial charge in [0.05, 0.1) is 18.7 Å². The Bertz CT molecular complexity index is 1070. The second-order valence-corrected chi connectivity index (χ2v) is 7.76. The van der Waals surface area contributed by atoms with E-state index in [0.717, 1.165) is 6.42 Å². The van der Waals surface area contributed by atoms with Crippen LogP contribution in [0.2, 0.25) is 0 Å². The number of allylic oxidation sites excluding steroid dienone is 2. The number of hydrogen-bond donors (Lipinski definition) is 1. The zero-order valence-corrected chi connectivity index (χ0v) is 16.3. The second-order valence-electron chi connectivity index (χ2n) is 7.76.